The van der Waals surface area contributed by atoms with Crippen molar-refractivity contribution in [1.29, 1.82) is 0 Å². The lowest BCUT2D eigenvalue weighted by atomic mass is 10.0. The molecule has 2 heterocycles. The molecule has 0 aliphatic carbocycles. The van der Waals surface area contributed by atoms with Gasteiger partial charge >= 0.3 is 0 Å². The molecule has 1 aliphatic rings. The zero-order chi connectivity index (χ0) is 18.0. The van der Waals surface area contributed by atoms with E-state index < -0.39 is 5.82 Å². The Morgan fingerprint density at radius 2 is 2.00 bits per heavy atom. The van der Waals surface area contributed by atoms with E-state index in [1.807, 2.05) is 6.92 Å². The van der Waals surface area contributed by atoms with Gasteiger partial charge in [0.2, 0.25) is 0 Å². The van der Waals surface area contributed by atoms with Crippen LogP contribution in [0.2, 0.25) is 0 Å². The fourth-order valence-electron chi connectivity index (χ4n) is 3.60. The van der Waals surface area contributed by atoms with Crippen molar-refractivity contribution in [3.05, 3.63) is 40.1 Å². The highest BCUT2D eigenvalue weighted by molar-refractivity contribution is 5.86. The van der Waals surface area contributed by atoms with Gasteiger partial charge in [0.15, 0.2) is 11.6 Å². The van der Waals surface area contributed by atoms with Crippen LogP contribution >= 0.6 is 0 Å². The third-order valence-electron chi connectivity index (χ3n) is 4.87. The number of benzene rings is 1. The predicted molar refractivity (Wildman–Crippen MR) is 98.8 cm³/mol. The summed E-state index contributed by atoms with van der Waals surface area (Å²) in [6.07, 6.45) is 4.31. The van der Waals surface area contributed by atoms with Gasteiger partial charge in [0, 0.05) is 25.8 Å². The SMILES string of the molecule is CCc1c[nH]c(=O)c2cc(F)c(OC3CCN(CC(C)C)CC3)cc12. The summed E-state index contributed by atoms with van der Waals surface area (Å²) in [5.41, 5.74) is 0.728. The molecule has 2 aromatic rings. The Labute approximate surface area is 148 Å². The van der Waals surface area contributed by atoms with Gasteiger partial charge in [0.1, 0.15) is 6.10 Å². The van der Waals surface area contributed by atoms with E-state index in [1.54, 1.807) is 12.3 Å². The number of likely N-dealkylation sites (tertiary alicyclic amines) is 1. The maximum Gasteiger partial charge on any atom is 0.255 e. The van der Waals surface area contributed by atoms with E-state index in [0.717, 1.165) is 49.8 Å². The lowest BCUT2D eigenvalue weighted by Crippen LogP contribution is -2.40. The number of piperidine rings is 1. The molecule has 1 N–H and O–H groups in total. The summed E-state index contributed by atoms with van der Waals surface area (Å²) >= 11 is 0. The number of fused-ring (bicyclic) bond motifs is 1. The van der Waals surface area contributed by atoms with Crippen molar-refractivity contribution >= 4 is 10.8 Å². The van der Waals surface area contributed by atoms with E-state index in [-0.39, 0.29) is 17.4 Å². The average Bonchev–Trinajstić information content (AvgIpc) is 2.58. The Balaban J connectivity index is 1.78. The molecule has 136 valence electrons. The third kappa shape index (κ3) is 4.03. The number of hydrogen-bond acceptors (Lipinski definition) is 3. The topological polar surface area (TPSA) is 45.3 Å². The molecular weight excluding hydrogens is 319 g/mol. The Morgan fingerprint density at radius 1 is 1.28 bits per heavy atom. The number of aryl methyl sites for hydroxylation is 1. The molecule has 0 spiro atoms. The molecule has 0 amide bonds. The van der Waals surface area contributed by atoms with E-state index in [2.05, 4.69) is 23.7 Å². The van der Waals surface area contributed by atoms with Crippen molar-refractivity contribution in [2.75, 3.05) is 19.6 Å². The van der Waals surface area contributed by atoms with E-state index >= 15 is 0 Å². The van der Waals surface area contributed by atoms with Crippen molar-refractivity contribution < 1.29 is 9.13 Å². The highest BCUT2D eigenvalue weighted by atomic mass is 19.1. The zero-order valence-electron chi connectivity index (χ0n) is 15.3. The van der Waals surface area contributed by atoms with Gasteiger partial charge in [0.25, 0.3) is 5.56 Å². The van der Waals surface area contributed by atoms with Gasteiger partial charge in [-0.05, 0) is 48.3 Å². The Morgan fingerprint density at radius 3 is 2.64 bits per heavy atom. The van der Waals surface area contributed by atoms with Gasteiger partial charge in [-0.25, -0.2) is 4.39 Å². The van der Waals surface area contributed by atoms with Gasteiger partial charge in [-0.3, -0.25) is 4.79 Å². The molecule has 0 bridgehead atoms. The van der Waals surface area contributed by atoms with E-state index in [0.29, 0.717) is 11.3 Å². The van der Waals surface area contributed by atoms with Gasteiger partial charge in [-0.2, -0.15) is 0 Å². The predicted octanol–water partition coefficient (Wildman–Crippen LogP) is 3.73. The van der Waals surface area contributed by atoms with E-state index in [4.69, 9.17) is 4.74 Å². The molecule has 5 heteroatoms. The van der Waals surface area contributed by atoms with E-state index in [1.165, 1.54) is 6.07 Å². The molecule has 4 nitrogen and oxygen atoms in total. The Bertz CT molecular complexity index is 792. The number of aromatic nitrogens is 1. The quantitative estimate of drug-likeness (QED) is 0.897. The minimum atomic E-state index is -0.462. The number of rotatable bonds is 5. The zero-order valence-corrected chi connectivity index (χ0v) is 15.3. The highest BCUT2D eigenvalue weighted by Crippen LogP contribution is 2.28. The molecule has 1 aromatic heterocycles. The first-order chi connectivity index (χ1) is 12.0. The normalized spacial score (nSPS) is 16.7. The van der Waals surface area contributed by atoms with Crippen LogP contribution in [0.15, 0.2) is 23.1 Å². The van der Waals surface area contributed by atoms with Gasteiger partial charge in [-0.15, -0.1) is 0 Å². The van der Waals surface area contributed by atoms with Crippen LogP contribution in [0.5, 0.6) is 5.75 Å². The van der Waals surface area contributed by atoms with Crippen molar-refractivity contribution in [1.82, 2.24) is 9.88 Å². The molecule has 1 fully saturated rings. The Kier molecular flexibility index (Phi) is 5.42. The second-order valence-electron chi connectivity index (χ2n) is 7.34. The number of pyridine rings is 1. The van der Waals surface area contributed by atoms with Crippen LogP contribution in [0.3, 0.4) is 0 Å². The second-order valence-corrected chi connectivity index (χ2v) is 7.34. The number of aromatic amines is 1. The van der Waals surface area contributed by atoms with Crippen LogP contribution in [0.25, 0.3) is 10.8 Å². The molecule has 1 aromatic carbocycles. The first-order valence-electron chi connectivity index (χ1n) is 9.20. The molecular formula is C20H27FN2O2. The molecule has 0 atom stereocenters. The maximum atomic E-state index is 14.5. The number of hydrogen-bond donors (Lipinski definition) is 1. The fraction of sp³-hybridized carbons (Fsp3) is 0.550. The van der Waals surface area contributed by atoms with Crippen molar-refractivity contribution in [2.24, 2.45) is 5.92 Å². The largest absolute Gasteiger partial charge is 0.487 e. The van der Waals surface area contributed by atoms with Gasteiger partial charge in [0.05, 0.1) is 5.39 Å². The smallest absolute Gasteiger partial charge is 0.255 e. The molecule has 0 unspecified atom stereocenters. The molecule has 3 rings (SSSR count). The summed E-state index contributed by atoms with van der Waals surface area (Å²) in [5.74, 6) is 0.451. The van der Waals surface area contributed by atoms with Crippen LogP contribution in [-0.4, -0.2) is 35.6 Å². The molecule has 1 aliphatic heterocycles. The summed E-state index contributed by atoms with van der Waals surface area (Å²) in [6.45, 7) is 9.52. The Hall–Kier alpha value is -1.88. The number of halogens is 1. The molecule has 1 saturated heterocycles. The molecule has 25 heavy (non-hydrogen) atoms. The van der Waals surface area contributed by atoms with E-state index in [9.17, 15) is 9.18 Å². The average molecular weight is 346 g/mol. The second kappa shape index (κ2) is 7.56. The first-order valence-corrected chi connectivity index (χ1v) is 9.20. The highest BCUT2D eigenvalue weighted by Gasteiger charge is 2.22. The summed E-state index contributed by atoms with van der Waals surface area (Å²) < 4.78 is 20.4. The minimum absolute atomic E-state index is 0.0300. The van der Waals surface area contributed by atoms with Crippen LogP contribution in [0, 0.1) is 11.7 Å². The first kappa shape index (κ1) is 17.9. The summed E-state index contributed by atoms with van der Waals surface area (Å²) in [7, 11) is 0. The fourth-order valence-corrected chi connectivity index (χ4v) is 3.60. The lowest BCUT2D eigenvalue weighted by Gasteiger charge is -2.33. The van der Waals surface area contributed by atoms with Crippen molar-refractivity contribution in [2.45, 2.75) is 46.1 Å². The van der Waals surface area contributed by atoms with Crippen LogP contribution in [-0.2, 0) is 6.42 Å². The number of nitrogens with one attached hydrogen (secondary N) is 1. The van der Waals surface area contributed by atoms with Crippen molar-refractivity contribution in [3.8, 4) is 5.75 Å². The maximum absolute atomic E-state index is 14.5. The van der Waals surface area contributed by atoms with Crippen LogP contribution in [0.4, 0.5) is 4.39 Å². The third-order valence-corrected chi connectivity index (χ3v) is 4.87. The summed E-state index contributed by atoms with van der Waals surface area (Å²) in [4.78, 5) is 17.1. The number of H-pyrrole nitrogens is 1. The number of ether oxygens (including phenoxy) is 1. The summed E-state index contributed by atoms with van der Waals surface area (Å²) in [6, 6.07) is 3.00. The molecule has 0 radical (unpaired) electrons. The molecule has 0 saturated carbocycles. The minimum Gasteiger partial charge on any atom is -0.487 e. The van der Waals surface area contributed by atoms with Crippen molar-refractivity contribution in [3.63, 3.8) is 0 Å². The van der Waals surface area contributed by atoms with Crippen LogP contribution in [0.1, 0.15) is 39.2 Å². The summed E-state index contributed by atoms with van der Waals surface area (Å²) in [5, 5.41) is 1.16. The lowest BCUT2D eigenvalue weighted by molar-refractivity contribution is 0.0912. The monoisotopic (exact) mass is 346 g/mol. The van der Waals surface area contributed by atoms with Gasteiger partial charge in [-0.1, -0.05) is 20.8 Å². The standard InChI is InChI=1S/C20H27FN2O2/c1-4-14-11-22-20(24)17-9-18(21)19(10-16(14)17)25-15-5-7-23(8-6-15)12-13(2)3/h9-11,13,15H,4-8,12H2,1-3H3,(H,22,24). The van der Waals surface area contributed by atoms with Gasteiger partial charge < -0.3 is 14.6 Å². The van der Waals surface area contributed by atoms with Crippen LogP contribution < -0.4 is 10.3 Å². The number of nitrogens with zero attached hydrogens (tertiary/aromatic N) is 1.